The second kappa shape index (κ2) is 10.3. The number of nitrogens with one attached hydrogen (secondary N) is 2. The molecule has 29 heavy (non-hydrogen) atoms. The van der Waals surface area contributed by atoms with Crippen molar-refractivity contribution in [3.8, 4) is 5.75 Å². The van der Waals surface area contributed by atoms with Crippen molar-refractivity contribution in [2.24, 2.45) is 0 Å². The smallest absolute Gasteiger partial charge is 0.325 e. The number of hydrogen-bond acceptors (Lipinski definition) is 5. The van der Waals surface area contributed by atoms with Crippen molar-refractivity contribution in [1.82, 2.24) is 5.32 Å². The summed E-state index contributed by atoms with van der Waals surface area (Å²) in [5, 5.41) is 5.20. The van der Waals surface area contributed by atoms with Crippen LogP contribution in [-0.2, 0) is 14.3 Å². The van der Waals surface area contributed by atoms with Gasteiger partial charge in [0.15, 0.2) is 6.10 Å². The lowest BCUT2D eigenvalue weighted by atomic mass is 10.0. The molecule has 0 heterocycles. The molecular weight excluding hydrogens is 372 g/mol. The number of carbonyl (C=O) groups is 3. The fourth-order valence-corrected chi connectivity index (χ4v) is 2.48. The van der Waals surface area contributed by atoms with Crippen molar-refractivity contribution < 1.29 is 23.9 Å². The molecule has 2 N–H and O–H groups in total. The van der Waals surface area contributed by atoms with Crippen LogP contribution in [0.2, 0.25) is 0 Å². The van der Waals surface area contributed by atoms with Crippen LogP contribution < -0.4 is 15.4 Å². The molecule has 2 rings (SSSR count). The van der Waals surface area contributed by atoms with Gasteiger partial charge in [0.2, 0.25) is 0 Å². The minimum absolute atomic E-state index is 0.208. The number of ether oxygens (including phenoxy) is 2. The predicted octanol–water partition coefficient (Wildman–Crippen LogP) is 3.12. The second-order valence-electron chi connectivity index (χ2n) is 6.81. The Morgan fingerprint density at radius 1 is 1.00 bits per heavy atom. The van der Waals surface area contributed by atoms with Gasteiger partial charge in [0.25, 0.3) is 11.8 Å². The summed E-state index contributed by atoms with van der Waals surface area (Å²) in [7, 11) is 1.25. The van der Waals surface area contributed by atoms with Crippen molar-refractivity contribution in [3.05, 3.63) is 59.7 Å². The maximum atomic E-state index is 12.4. The van der Waals surface area contributed by atoms with Gasteiger partial charge in [-0.3, -0.25) is 14.4 Å². The van der Waals surface area contributed by atoms with Gasteiger partial charge >= 0.3 is 5.97 Å². The summed E-state index contributed by atoms with van der Waals surface area (Å²) in [5.74, 6) is -0.240. The Balaban J connectivity index is 1.92. The fraction of sp³-hybridized carbons (Fsp3) is 0.318. The van der Waals surface area contributed by atoms with E-state index in [1.165, 1.54) is 7.11 Å². The highest BCUT2D eigenvalue weighted by Crippen LogP contribution is 2.21. The van der Waals surface area contributed by atoms with Crippen LogP contribution in [0, 0.1) is 0 Å². The van der Waals surface area contributed by atoms with Crippen LogP contribution >= 0.6 is 0 Å². The first-order chi connectivity index (χ1) is 13.8. The molecule has 0 aromatic heterocycles. The number of anilines is 1. The van der Waals surface area contributed by atoms with Gasteiger partial charge in [-0.2, -0.15) is 0 Å². The maximum Gasteiger partial charge on any atom is 0.325 e. The van der Waals surface area contributed by atoms with Crippen LogP contribution in [0.3, 0.4) is 0 Å². The Hall–Kier alpha value is -3.35. The van der Waals surface area contributed by atoms with Crippen molar-refractivity contribution in [3.63, 3.8) is 0 Å². The van der Waals surface area contributed by atoms with Crippen molar-refractivity contribution in [1.29, 1.82) is 0 Å². The monoisotopic (exact) mass is 398 g/mol. The number of hydrogen-bond donors (Lipinski definition) is 2. The largest absolute Gasteiger partial charge is 0.481 e. The van der Waals surface area contributed by atoms with E-state index in [9.17, 15) is 14.4 Å². The second-order valence-corrected chi connectivity index (χ2v) is 6.81. The van der Waals surface area contributed by atoms with Crippen LogP contribution in [0.25, 0.3) is 0 Å². The molecule has 2 aromatic rings. The summed E-state index contributed by atoms with van der Waals surface area (Å²) in [6, 6.07) is 14.0. The molecule has 0 radical (unpaired) electrons. The zero-order chi connectivity index (χ0) is 21.4. The summed E-state index contributed by atoms with van der Waals surface area (Å²) >= 11 is 0. The van der Waals surface area contributed by atoms with Gasteiger partial charge in [-0.05, 0) is 54.8 Å². The number of carbonyl (C=O) groups excluding carboxylic acids is 3. The summed E-state index contributed by atoms with van der Waals surface area (Å²) in [5.41, 5.74) is 2.03. The summed E-state index contributed by atoms with van der Waals surface area (Å²) in [4.78, 5) is 35.4. The van der Waals surface area contributed by atoms with Gasteiger partial charge in [-0.25, -0.2) is 0 Å². The fourth-order valence-electron chi connectivity index (χ4n) is 2.48. The van der Waals surface area contributed by atoms with Gasteiger partial charge in [0.05, 0.1) is 7.11 Å². The molecule has 1 atom stereocenters. The van der Waals surface area contributed by atoms with Crippen LogP contribution in [0.1, 0.15) is 42.6 Å². The summed E-state index contributed by atoms with van der Waals surface area (Å²) in [6.45, 7) is 5.65. The molecule has 0 aliphatic rings. The Kier molecular flexibility index (Phi) is 7.77. The third kappa shape index (κ3) is 6.64. The quantitative estimate of drug-likeness (QED) is 0.667. The molecule has 7 heteroatoms. The first-order valence-corrected chi connectivity index (χ1v) is 9.32. The summed E-state index contributed by atoms with van der Waals surface area (Å²) in [6.07, 6.45) is -0.694. The van der Waals surface area contributed by atoms with Gasteiger partial charge in [0, 0.05) is 11.3 Å². The lowest BCUT2D eigenvalue weighted by Crippen LogP contribution is -2.30. The first-order valence-electron chi connectivity index (χ1n) is 9.32. The van der Waals surface area contributed by atoms with Crippen LogP contribution in [0.4, 0.5) is 5.69 Å². The average Bonchev–Trinajstić information content (AvgIpc) is 2.72. The van der Waals surface area contributed by atoms with Gasteiger partial charge < -0.3 is 20.1 Å². The number of methoxy groups -OCH3 is 1. The third-order valence-electron chi connectivity index (χ3n) is 4.24. The molecular formula is C22H26N2O5. The highest BCUT2D eigenvalue weighted by molar-refractivity contribution is 5.97. The molecule has 0 bridgehead atoms. The highest BCUT2D eigenvalue weighted by atomic mass is 16.5. The molecule has 7 nitrogen and oxygen atoms in total. The minimum atomic E-state index is -0.694. The Morgan fingerprint density at radius 3 is 2.31 bits per heavy atom. The molecule has 0 spiro atoms. The van der Waals surface area contributed by atoms with Crippen molar-refractivity contribution >= 4 is 23.5 Å². The van der Waals surface area contributed by atoms with E-state index < -0.39 is 18.0 Å². The Bertz CT molecular complexity index is 862. The average molecular weight is 398 g/mol. The zero-order valence-electron chi connectivity index (χ0n) is 17.0. The van der Waals surface area contributed by atoms with E-state index in [4.69, 9.17) is 4.74 Å². The number of esters is 1. The first kappa shape index (κ1) is 21.9. The van der Waals surface area contributed by atoms with Gasteiger partial charge in [0.1, 0.15) is 12.3 Å². The van der Waals surface area contributed by atoms with E-state index in [0.717, 1.165) is 5.56 Å². The number of rotatable bonds is 8. The SMILES string of the molecule is COC(=O)CNC(=O)c1ccc(NC(=O)C(C)Oc2cccc(C(C)C)c2)cc1. The summed E-state index contributed by atoms with van der Waals surface area (Å²) < 4.78 is 10.2. The molecule has 1 unspecified atom stereocenters. The van der Waals surface area contributed by atoms with Crippen molar-refractivity contribution in [2.75, 3.05) is 19.0 Å². The van der Waals surface area contributed by atoms with E-state index >= 15 is 0 Å². The van der Waals surface area contributed by atoms with Gasteiger partial charge in [-0.15, -0.1) is 0 Å². The lowest BCUT2D eigenvalue weighted by molar-refractivity contribution is -0.139. The Morgan fingerprint density at radius 2 is 1.69 bits per heavy atom. The zero-order valence-corrected chi connectivity index (χ0v) is 17.0. The lowest BCUT2D eigenvalue weighted by Gasteiger charge is -2.16. The molecule has 0 aliphatic carbocycles. The molecule has 2 aromatic carbocycles. The highest BCUT2D eigenvalue weighted by Gasteiger charge is 2.16. The minimum Gasteiger partial charge on any atom is -0.481 e. The maximum absolute atomic E-state index is 12.4. The van der Waals surface area contributed by atoms with E-state index in [1.807, 2.05) is 24.3 Å². The van der Waals surface area contributed by atoms with E-state index in [2.05, 4.69) is 29.2 Å². The van der Waals surface area contributed by atoms with Crippen LogP contribution in [0.5, 0.6) is 5.75 Å². The van der Waals surface area contributed by atoms with E-state index in [0.29, 0.717) is 22.9 Å². The molecule has 0 saturated heterocycles. The standard InChI is InChI=1S/C22H26N2O5/c1-14(2)17-6-5-7-19(12-17)29-15(3)21(26)24-18-10-8-16(9-11-18)22(27)23-13-20(25)28-4/h5-12,14-15H,13H2,1-4H3,(H,23,27)(H,24,26). The van der Waals surface area contributed by atoms with E-state index in [1.54, 1.807) is 31.2 Å². The molecule has 154 valence electrons. The van der Waals surface area contributed by atoms with Crippen molar-refractivity contribution in [2.45, 2.75) is 32.8 Å². The number of amides is 2. The topological polar surface area (TPSA) is 93.7 Å². The van der Waals surface area contributed by atoms with Crippen LogP contribution in [0.15, 0.2) is 48.5 Å². The predicted molar refractivity (Wildman–Crippen MR) is 110 cm³/mol. The number of benzene rings is 2. The van der Waals surface area contributed by atoms with E-state index in [-0.39, 0.29) is 12.5 Å². The molecule has 0 aliphatic heterocycles. The molecule has 0 saturated carbocycles. The van der Waals surface area contributed by atoms with Gasteiger partial charge in [-0.1, -0.05) is 26.0 Å². The molecule has 2 amide bonds. The normalized spacial score (nSPS) is 11.5. The Labute approximate surface area is 170 Å². The van der Waals surface area contributed by atoms with Crippen LogP contribution in [-0.4, -0.2) is 37.5 Å². The molecule has 0 fully saturated rings. The third-order valence-corrected chi connectivity index (χ3v) is 4.24.